The highest BCUT2D eigenvalue weighted by Gasteiger charge is 2.15. The summed E-state index contributed by atoms with van der Waals surface area (Å²) in [5.74, 6) is -2.80. The molecule has 0 heterocycles. The van der Waals surface area contributed by atoms with Crippen LogP contribution in [0.15, 0.2) is 66.7 Å². The van der Waals surface area contributed by atoms with Gasteiger partial charge in [-0.25, -0.2) is 13.2 Å². The van der Waals surface area contributed by atoms with Gasteiger partial charge in [0, 0.05) is 16.5 Å². The molecule has 0 radical (unpaired) electrons. The van der Waals surface area contributed by atoms with E-state index in [9.17, 15) is 17.6 Å². The molecule has 0 N–H and O–H groups in total. The number of halogens is 5. The predicted octanol–water partition coefficient (Wildman–Crippen LogP) is 8.15. The van der Waals surface area contributed by atoms with Crippen LogP contribution >= 0.6 is 0 Å². The topological polar surface area (TPSA) is 9.23 Å². The standard InChI is InChI=1S/C26H19F5O/c1-2-3-15-4-8-20-16(12-15)6-10-21(25(20)29)18-5-9-19(22(27)13-18)17-7-11-24(23(28)14-17)32-26(30)31/h4-14,26H,2-3H2,1H3. The molecule has 0 fully saturated rings. The molecule has 0 aliphatic heterocycles. The van der Waals surface area contributed by atoms with Crippen molar-refractivity contribution in [1.29, 1.82) is 0 Å². The van der Waals surface area contributed by atoms with Crippen molar-refractivity contribution in [3.8, 4) is 28.0 Å². The molecule has 0 atom stereocenters. The first kappa shape index (κ1) is 21.8. The largest absolute Gasteiger partial charge is 0.432 e. The smallest absolute Gasteiger partial charge is 0.387 e. The van der Waals surface area contributed by atoms with E-state index in [4.69, 9.17) is 0 Å². The normalized spacial score (nSPS) is 11.3. The van der Waals surface area contributed by atoms with E-state index in [1.54, 1.807) is 18.2 Å². The zero-order valence-electron chi connectivity index (χ0n) is 17.1. The van der Waals surface area contributed by atoms with Crippen molar-refractivity contribution < 1.29 is 26.7 Å². The molecule has 0 bridgehead atoms. The van der Waals surface area contributed by atoms with Crippen LogP contribution in [0.25, 0.3) is 33.0 Å². The fourth-order valence-electron chi connectivity index (χ4n) is 3.79. The fraction of sp³-hybridized carbons (Fsp3) is 0.154. The molecule has 0 aromatic heterocycles. The molecule has 32 heavy (non-hydrogen) atoms. The first-order valence-corrected chi connectivity index (χ1v) is 10.1. The van der Waals surface area contributed by atoms with Crippen LogP contribution in [-0.2, 0) is 6.42 Å². The third-order valence-electron chi connectivity index (χ3n) is 5.30. The Bertz CT molecular complexity index is 1280. The molecule has 0 saturated carbocycles. The van der Waals surface area contributed by atoms with E-state index >= 15 is 4.39 Å². The molecule has 0 aliphatic rings. The zero-order valence-corrected chi connectivity index (χ0v) is 17.1. The van der Waals surface area contributed by atoms with E-state index in [0.717, 1.165) is 35.9 Å². The van der Waals surface area contributed by atoms with Crippen molar-refractivity contribution in [3.05, 3.63) is 89.7 Å². The molecular formula is C26H19F5O. The van der Waals surface area contributed by atoms with Gasteiger partial charge < -0.3 is 4.74 Å². The molecule has 0 saturated heterocycles. The molecule has 0 spiro atoms. The van der Waals surface area contributed by atoms with E-state index in [1.165, 1.54) is 24.3 Å². The summed E-state index contributed by atoms with van der Waals surface area (Å²) in [7, 11) is 0. The minimum atomic E-state index is -3.17. The van der Waals surface area contributed by atoms with Gasteiger partial charge in [-0.2, -0.15) is 8.78 Å². The molecular weight excluding hydrogens is 423 g/mol. The lowest BCUT2D eigenvalue weighted by Crippen LogP contribution is -2.03. The Morgan fingerprint density at radius 3 is 2.12 bits per heavy atom. The van der Waals surface area contributed by atoms with Crippen LogP contribution in [0, 0.1) is 17.5 Å². The number of hydrogen-bond donors (Lipinski definition) is 0. The van der Waals surface area contributed by atoms with Crippen LogP contribution in [0.3, 0.4) is 0 Å². The molecule has 4 aromatic carbocycles. The van der Waals surface area contributed by atoms with Gasteiger partial charge >= 0.3 is 6.61 Å². The summed E-state index contributed by atoms with van der Waals surface area (Å²) in [4.78, 5) is 0. The summed E-state index contributed by atoms with van der Waals surface area (Å²) in [5, 5.41) is 1.22. The summed E-state index contributed by atoms with van der Waals surface area (Å²) >= 11 is 0. The summed E-state index contributed by atoms with van der Waals surface area (Å²) in [6.45, 7) is -1.09. The molecule has 4 rings (SSSR count). The molecule has 1 nitrogen and oxygen atoms in total. The average molecular weight is 442 g/mol. The SMILES string of the molecule is CCCc1ccc2c(F)c(-c3ccc(-c4ccc(OC(F)F)c(F)c4)c(F)c3)ccc2c1. The van der Waals surface area contributed by atoms with Gasteiger partial charge in [0.1, 0.15) is 11.6 Å². The van der Waals surface area contributed by atoms with Crippen LogP contribution in [0.5, 0.6) is 5.75 Å². The number of fused-ring (bicyclic) bond motifs is 1. The molecule has 4 aromatic rings. The maximum absolute atomic E-state index is 15.2. The Balaban J connectivity index is 1.69. The average Bonchev–Trinajstić information content (AvgIpc) is 2.75. The molecule has 0 aliphatic carbocycles. The second-order valence-electron chi connectivity index (χ2n) is 7.45. The number of alkyl halides is 2. The molecule has 6 heteroatoms. The van der Waals surface area contributed by atoms with E-state index in [1.807, 2.05) is 12.1 Å². The van der Waals surface area contributed by atoms with Crippen LogP contribution < -0.4 is 4.74 Å². The Kier molecular flexibility index (Phi) is 6.12. The van der Waals surface area contributed by atoms with Gasteiger partial charge in [0.2, 0.25) is 0 Å². The number of benzene rings is 4. The summed E-state index contributed by atoms with van der Waals surface area (Å²) in [5.41, 5.74) is 1.91. The highest BCUT2D eigenvalue weighted by Crippen LogP contribution is 2.34. The lowest BCUT2D eigenvalue weighted by atomic mass is 9.96. The summed E-state index contributed by atoms with van der Waals surface area (Å²) in [6.07, 6.45) is 1.89. The van der Waals surface area contributed by atoms with Gasteiger partial charge in [0.15, 0.2) is 11.6 Å². The number of rotatable bonds is 6. The molecule has 0 unspecified atom stereocenters. The fourth-order valence-corrected chi connectivity index (χ4v) is 3.79. The maximum atomic E-state index is 15.2. The first-order valence-electron chi connectivity index (χ1n) is 10.1. The van der Waals surface area contributed by atoms with E-state index < -0.39 is 29.8 Å². The second-order valence-corrected chi connectivity index (χ2v) is 7.45. The van der Waals surface area contributed by atoms with Crippen molar-refractivity contribution in [2.45, 2.75) is 26.4 Å². The Morgan fingerprint density at radius 1 is 0.750 bits per heavy atom. The number of aryl methyl sites for hydroxylation is 1. The Hall–Kier alpha value is -3.41. The third-order valence-corrected chi connectivity index (χ3v) is 5.30. The van der Waals surface area contributed by atoms with Crippen molar-refractivity contribution in [2.75, 3.05) is 0 Å². The monoisotopic (exact) mass is 442 g/mol. The number of hydrogen-bond acceptors (Lipinski definition) is 1. The number of ether oxygens (including phenoxy) is 1. The third kappa shape index (κ3) is 4.31. The van der Waals surface area contributed by atoms with Crippen molar-refractivity contribution >= 4 is 10.8 Å². The van der Waals surface area contributed by atoms with E-state index in [-0.39, 0.29) is 16.7 Å². The zero-order chi connectivity index (χ0) is 22.8. The van der Waals surface area contributed by atoms with Crippen LogP contribution in [0.1, 0.15) is 18.9 Å². The predicted molar refractivity (Wildman–Crippen MR) is 115 cm³/mol. The van der Waals surface area contributed by atoms with Crippen LogP contribution in [0.2, 0.25) is 0 Å². The van der Waals surface area contributed by atoms with Crippen LogP contribution in [-0.4, -0.2) is 6.61 Å². The van der Waals surface area contributed by atoms with E-state index in [2.05, 4.69) is 11.7 Å². The summed E-state index contributed by atoms with van der Waals surface area (Å²) < 4.78 is 72.7. The van der Waals surface area contributed by atoms with Gasteiger partial charge in [0.25, 0.3) is 0 Å². The van der Waals surface area contributed by atoms with Gasteiger partial charge in [-0.05, 0) is 46.7 Å². The van der Waals surface area contributed by atoms with Gasteiger partial charge in [-0.1, -0.05) is 61.9 Å². The Morgan fingerprint density at radius 2 is 1.44 bits per heavy atom. The lowest BCUT2D eigenvalue weighted by Gasteiger charge is -2.11. The molecule has 164 valence electrons. The van der Waals surface area contributed by atoms with Crippen LogP contribution in [0.4, 0.5) is 22.0 Å². The second kappa shape index (κ2) is 8.99. The van der Waals surface area contributed by atoms with Crippen molar-refractivity contribution in [1.82, 2.24) is 0 Å². The molecule has 0 amide bonds. The maximum Gasteiger partial charge on any atom is 0.387 e. The quantitative estimate of drug-likeness (QED) is 0.274. The highest BCUT2D eigenvalue weighted by atomic mass is 19.3. The summed E-state index contributed by atoms with van der Waals surface area (Å²) in [6, 6.07) is 16.3. The lowest BCUT2D eigenvalue weighted by molar-refractivity contribution is -0.0521. The van der Waals surface area contributed by atoms with Gasteiger partial charge in [-0.15, -0.1) is 0 Å². The van der Waals surface area contributed by atoms with Gasteiger partial charge in [-0.3, -0.25) is 0 Å². The highest BCUT2D eigenvalue weighted by molar-refractivity contribution is 5.89. The van der Waals surface area contributed by atoms with Crippen molar-refractivity contribution in [2.24, 2.45) is 0 Å². The first-order chi connectivity index (χ1) is 15.4. The Labute approximate surface area is 182 Å². The van der Waals surface area contributed by atoms with Crippen molar-refractivity contribution in [3.63, 3.8) is 0 Å². The minimum Gasteiger partial charge on any atom is -0.432 e. The van der Waals surface area contributed by atoms with Gasteiger partial charge in [0.05, 0.1) is 0 Å². The van der Waals surface area contributed by atoms with E-state index in [0.29, 0.717) is 10.9 Å². The minimum absolute atomic E-state index is 0.0571.